The van der Waals surface area contributed by atoms with Crippen molar-refractivity contribution >= 4 is 29.5 Å². The van der Waals surface area contributed by atoms with Crippen molar-refractivity contribution in [2.45, 2.75) is 50.2 Å². The van der Waals surface area contributed by atoms with Crippen LogP contribution in [0.25, 0.3) is 0 Å². The fraction of sp³-hybridized carbons (Fsp3) is 0.565. The lowest BCUT2D eigenvalue weighted by molar-refractivity contribution is -0.149. The second kappa shape index (κ2) is 11.8. The Morgan fingerprint density at radius 2 is 2.06 bits per heavy atom. The number of ether oxygens (including phenoxy) is 1. The van der Waals surface area contributed by atoms with Crippen molar-refractivity contribution in [3.8, 4) is 0 Å². The van der Waals surface area contributed by atoms with Gasteiger partial charge in [-0.25, -0.2) is 9.97 Å². The normalized spacial score (nSPS) is 16.3. The third kappa shape index (κ3) is 7.12. The van der Waals surface area contributed by atoms with Gasteiger partial charge in [-0.05, 0) is 38.3 Å². The van der Waals surface area contributed by atoms with Gasteiger partial charge in [0.2, 0.25) is 0 Å². The lowest BCUT2D eigenvalue weighted by atomic mass is 9.98. The highest BCUT2D eigenvalue weighted by Gasteiger charge is 2.34. The molecule has 1 atom stereocenters. The van der Waals surface area contributed by atoms with Crippen molar-refractivity contribution in [3.05, 3.63) is 35.4 Å². The molecule has 0 unspecified atom stereocenters. The first kappa shape index (κ1) is 26.8. The number of amides is 1. The number of rotatable bonds is 9. The first-order valence-electron chi connectivity index (χ1n) is 11.5. The van der Waals surface area contributed by atoms with Gasteiger partial charge >= 0.3 is 12.1 Å². The SMILES string of the molecule is CCCN(C)c1cc(C(F)(F)F)nc(SCc2ccc(C(=O)N3CCC[C@H](C(=O)OCC)C3)o2)n1. The Labute approximate surface area is 206 Å². The lowest BCUT2D eigenvalue weighted by Gasteiger charge is -2.30. The summed E-state index contributed by atoms with van der Waals surface area (Å²) in [6.07, 6.45) is -2.50. The largest absolute Gasteiger partial charge is 0.466 e. The Bertz CT molecular complexity index is 1030. The Morgan fingerprint density at radius 3 is 2.74 bits per heavy atom. The van der Waals surface area contributed by atoms with Crippen LogP contribution in [-0.4, -0.2) is 60.0 Å². The van der Waals surface area contributed by atoms with Crippen LogP contribution in [0.4, 0.5) is 19.0 Å². The average molecular weight is 515 g/mol. The quantitative estimate of drug-likeness (QED) is 0.272. The summed E-state index contributed by atoms with van der Waals surface area (Å²) in [4.78, 5) is 36.0. The average Bonchev–Trinajstić information content (AvgIpc) is 3.31. The fourth-order valence-corrected chi connectivity index (χ4v) is 4.49. The van der Waals surface area contributed by atoms with E-state index in [1.165, 1.54) is 6.07 Å². The standard InChI is InChI=1S/C23H29F3N4O4S/c1-4-10-29(3)19-12-18(23(24,25)26)27-22(28-19)35-14-16-8-9-17(34-16)20(31)30-11-6-7-15(13-30)21(32)33-5-2/h8-9,12,15H,4-7,10-11,13-14H2,1-3H3/t15-/m0/s1. The lowest BCUT2D eigenvalue weighted by Crippen LogP contribution is -2.42. The summed E-state index contributed by atoms with van der Waals surface area (Å²) in [6.45, 7) is 5.26. The van der Waals surface area contributed by atoms with Gasteiger partial charge in [-0.2, -0.15) is 13.2 Å². The molecule has 0 aromatic carbocycles. The van der Waals surface area contributed by atoms with E-state index in [2.05, 4.69) is 9.97 Å². The fourth-order valence-electron chi connectivity index (χ4n) is 3.74. The van der Waals surface area contributed by atoms with E-state index in [9.17, 15) is 22.8 Å². The number of carbonyl (C=O) groups excluding carboxylic acids is 2. The Kier molecular flexibility index (Phi) is 9.03. The van der Waals surface area contributed by atoms with Crippen molar-refractivity contribution in [3.63, 3.8) is 0 Å². The van der Waals surface area contributed by atoms with Crippen molar-refractivity contribution in [1.82, 2.24) is 14.9 Å². The topological polar surface area (TPSA) is 88.8 Å². The van der Waals surface area contributed by atoms with Crippen LogP contribution in [0.5, 0.6) is 0 Å². The molecule has 2 aromatic heterocycles. The zero-order valence-corrected chi connectivity index (χ0v) is 20.7. The summed E-state index contributed by atoms with van der Waals surface area (Å²) < 4.78 is 50.8. The number of hydrogen-bond donors (Lipinski definition) is 0. The summed E-state index contributed by atoms with van der Waals surface area (Å²) in [6, 6.07) is 4.07. The van der Waals surface area contributed by atoms with E-state index in [1.54, 1.807) is 29.8 Å². The molecule has 0 N–H and O–H groups in total. The molecule has 35 heavy (non-hydrogen) atoms. The van der Waals surface area contributed by atoms with Gasteiger partial charge in [0.15, 0.2) is 16.6 Å². The monoisotopic (exact) mass is 514 g/mol. The minimum atomic E-state index is -4.60. The highest BCUT2D eigenvalue weighted by Crippen LogP contribution is 2.32. The minimum Gasteiger partial charge on any atom is -0.466 e. The molecule has 0 bridgehead atoms. The predicted octanol–water partition coefficient (Wildman–Crippen LogP) is 4.64. The molecule has 12 heteroatoms. The van der Waals surface area contributed by atoms with Gasteiger partial charge in [-0.1, -0.05) is 18.7 Å². The highest BCUT2D eigenvalue weighted by molar-refractivity contribution is 7.98. The Morgan fingerprint density at radius 1 is 1.29 bits per heavy atom. The Hall–Kier alpha value is -2.76. The molecule has 0 saturated carbocycles. The number of piperidine rings is 1. The van der Waals surface area contributed by atoms with Crippen molar-refractivity contribution in [2.75, 3.05) is 38.2 Å². The van der Waals surface area contributed by atoms with Crippen LogP contribution in [0.15, 0.2) is 27.8 Å². The molecule has 1 aliphatic heterocycles. The Balaban J connectivity index is 1.67. The second-order valence-corrected chi connectivity index (χ2v) is 9.15. The molecular weight excluding hydrogens is 485 g/mol. The van der Waals surface area contributed by atoms with Crippen LogP contribution in [0.1, 0.15) is 55.1 Å². The van der Waals surface area contributed by atoms with E-state index in [1.807, 2.05) is 6.92 Å². The molecule has 2 aromatic rings. The number of halogens is 3. The molecule has 0 spiro atoms. The number of anilines is 1. The molecule has 1 amide bonds. The maximum absolute atomic E-state index is 13.3. The number of nitrogens with zero attached hydrogens (tertiary/aromatic N) is 4. The third-order valence-corrected chi connectivity index (χ3v) is 6.35. The number of esters is 1. The van der Waals surface area contributed by atoms with Gasteiger partial charge in [0.25, 0.3) is 5.91 Å². The van der Waals surface area contributed by atoms with E-state index >= 15 is 0 Å². The van der Waals surface area contributed by atoms with Crippen molar-refractivity contribution in [1.29, 1.82) is 0 Å². The van der Waals surface area contributed by atoms with Gasteiger partial charge in [0.05, 0.1) is 18.3 Å². The number of hydrogen-bond acceptors (Lipinski definition) is 8. The zero-order valence-electron chi connectivity index (χ0n) is 19.9. The predicted molar refractivity (Wildman–Crippen MR) is 124 cm³/mol. The summed E-state index contributed by atoms with van der Waals surface area (Å²) in [5.74, 6) is -0.165. The zero-order chi connectivity index (χ0) is 25.6. The van der Waals surface area contributed by atoms with Gasteiger partial charge in [-0.15, -0.1) is 0 Å². The number of furan rings is 1. The summed E-state index contributed by atoms with van der Waals surface area (Å²) in [7, 11) is 1.68. The molecule has 1 aliphatic rings. The summed E-state index contributed by atoms with van der Waals surface area (Å²) in [5.41, 5.74) is -1.01. The second-order valence-electron chi connectivity index (χ2n) is 8.21. The number of thioether (sulfide) groups is 1. The van der Waals surface area contributed by atoms with E-state index < -0.39 is 11.9 Å². The molecule has 0 aliphatic carbocycles. The molecule has 192 valence electrons. The van der Waals surface area contributed by atoms with Crippen LogP contribution in [-0.2, 0) is 21.5 Å². The summed E-state index contributed by atoms with van der Waals surface area (Å²) in [5, 5.41) is -0.0321. The number of aromatic nitrogens is 2. The number of carbonyl (C=O) groups is 2. The smallest absolute Gasteiger partial charge is 0.433 e. The molecule has 1 fully saturated rings. The van der Waals surface area contributed by atoms with E-state index in [4.69, 9.17) is 9.15 Å². The van der Waals surface area contributed by atoms with Crippen molar-refractivity contribution in [2.24, 2.45) is 5.92 Å². The minimum absolute atomic E-state index is 0.0321. The van der Waals surface area contributed by atoms with Crippen LogP contribution < -0.4 is 4.90 Å². The van der Waals surface area contributed by atoms with E-state index in [-0.39, 0.29) is 53.4 Å². The third-order valence-electron chi connectivity index (χ3n) is 5.48. The van der Waals surface area contributed by atoms with Gasteiger partial charge in [0, 0.05) is 32.7 Å². The van der Waals surface area contributed by atoms with Crippen LogP contribution in [0, 0.1) is 5.92 Å². The summed E-state index contributed by atoms with van der Waals surface area (Å²) >= 11 is 0.995. The van der Waals surface area contributed by atoms with Crippen LogP contribution in [0.2, 0.25) is 0 Å². The van der Waals surface area contributed by atoms with Gasteiger partial charge in [-0.3, -0.25) is 9.59 Å². The number of alkyl halides is 3. The van der Waals surface area contributed by atoms with Crippen LogP contribution >= 0.6 is 11.8 Å². The molecule has 3 heterocycles. The van der Waals surface area contributed by atoms with Gasteiger partial charge in [0.1, 0.15) is 11.6 Å². The first-order chi connectivity index (χ1) is 16.6. The van der Waals surface area contributed by atoms with Gasteiger partial charge < -0.3 is 19.0 Å². The highest BCUT2D eigenvalue weighted by atomic mass is 32.2. The number of likely N-dealkylation sites (tertiary alicyclic amines) is 1. The maximum Gasteiger partial charge on any atom is 0.433 e. The van der Waals surface area contributed by atoms with E-state index in [0.717, 1.165) is 24.2 Å². The first-order valence-corrected chi connectivity index (χ1v) is 12.5. The molecule has 3 rings (SSSR count). The van der Waals surface area contributed by atoms with Crippen molar-refractivity contribution < 1.29 is 31.9 Å². The molecule has 1 saturated heterocycles. The maximum atomic E-state index is 13.3. The molecular formula is C23H29F3N4O4S. The van der Waals surface area contributed by atoms with E-state index in [0.29, 0.717) is 31.7 Å². The molecule has 8 nitrogen and oxygen atoms in total. The molecule has 0 radical (unpaired) electrons. The van der Waals surface area contributed by atoms with Crippen LogP contribution in [0.3, 0.4) is 0 Å².